The molecule has 1 N–H and O–H groups in total. The highest BCUT2D eigenvalue weighted by Crippen LogP contribution is 2.30. The maximum atomic E-state index is 5.67. The summed E-state index contributed by atoms with van der Waals surface area (Å²) in [4.78, 5) is 2.67. The molecule has 112 valence electrons. The van der Waals surface area contributed by atoms with Gasteiger partial charge in [0.1, 0.15) is 0 Å². The average molecular weight is 294 g/mol. The van der Waals surface area contributed by atoms with Gasteiger partial charge in [0, 0.05) is 38.3 Å². The van der Waals surface area contributed by atoms with Gasteiger partial charge in [0.25, 0.3) is 0 Å². The lowest BCUT2D eigenvalue weighted by atomic mass is 10.2. The lowest BCUT2D eigenvalue weighted by Crippen LogP contribution is -2.42. The van der Waals surface area contributed by atoms with E-state index in [4.69, 9.17) is 4.74 Å². The van der Waals surface area contributed by atoms with Crippen LogP contribution in [0.25, 0.3) is 0 Å². The van der Waals surface area contributed by atoms with Crippen LogP contribution in [0.1, 0.15) is 38.2 Å². The van der Waals surface area contributed by atoms with Gasteiger partial charge in [0.15, 0.2) is 0 Å². The Hall–Kier alpha value is -0.420. The normalized spacial score (nSPS) is 24.4. The molecule has 1 aromatic rings. The first-order valence-electron chi connectivity index (χ1n) is 7.92. The van der Waals surface area contributed by atoms with Crippen molar-refractivity contribution in [1.29, 1.82) is 0 Å². The fraction of sp³-hybridized carbons (Fsp3) is 0.750. The molecule has 0 spiro atoms. The second-order valence-corrected chi connectivity index (χ2v) is 6.96. The Morgan fingerprint density at radius 2 is 2.35 bits per heavy atom. The van der Waals surface area contributed by atoms with Crippen molar-refractivity contribution in [3.63, 3.8) is 0 Å². The molecule has 0 radical (unpaired) electrons. The molecule has 1 aliphatic heterocycles. The van der Waals surface area contributed by atoms with Gasteiger partial charge < -0.3 is 10.1 Å². The molecule has 20 heavy (non-hydrogen) atoms. The van der Waals surface area contributed by atoms with Crippen LogP contribution in [0.5, 0.6) is 0 Å². The Morgan fingerprint density at radius 3 is 3.00 bits per heavy atom. The van der Waals surface area contributed by atoms with Crippen LogP contribution >= 0.6 is 11.3 Å². The van der Waals surface area contributed by atoms with Crippen LogP contribution in [0.4, 0.5) is 0 Å². The molecule has 2 heterocycles. The molecule has 0 aromatic carbocycles. The third kappa shape index (κ3) is 4.04. The highest BCUT2D eigenvalue weighted by molar-refractivity contribution is 7.07. The van der Waals surface area contributed by atoms with E-state index >= 15 is 0 Å². The molecule has 3 rings (SSSR count). The highest BCUT2D eigenvalue weighted by Gasteiger charge is 2.32. The van der Waals surface area contributed by atoms with Crippen molar-refractivity contribution >= 4 is 11.3 Å². The zero-order valence-electron chi connectivity index (χ0n) is 12.4. The fourth-order valence-corrected chi connectivity index (χ4v) is 3.68. The van der Waals surface area contributed by atoms with Crippen LogP contribution in [0.15, 0.2) is 16.8 Å². The summed E-state index contributed by atoms with van der Waals surface area (Å²) < 4.78 is 5.67. The Bertz CT molecular complexity index is 385. The van der Waals surface area contributed by atoms with Gasteiger partial charge in [-0.25, -0.2) is 0 Å². The molecule has 1 saturated heterocycles. The Balaban J connectivity index is 1.44. The summed E-state index contributed by atoms with van der Waals surface area (Å²) in [5.41, 5.74) is 1.47. The van der Waals surface area contributed by atoms with Crippen LogP contribution in [0, 0.1) is 0 Å². The average Bonchev–Trinajstić information content (AvgIpc) is 2.93. The van der Waals surface area contributed by atoms with Gasteiger partial charge in [-0.05, 0) is 55.0 Å². The van der Waals surface area contributed by atoms with Crippen LogP contribution < -0.4 is 5.32 Å². The third-order valence-corrected chi connectivity index (χ3v) is 5.10. The monoisotopic (exact) mass is 294 g/mol. The number of nitrogens with one attached hydrogen (secondary N) is 1. The number of hydrogen-bond acceptors (Lipinski definition) is 4. The molecule has 1 aliphatic carbocycles. The van der Waals surface area contributed by atoms with Crippen LogP contribution in [0.3, 0.4) is 0 Å². The standard InChI is InChI=1S/C16H26N2OS/c1-13(9-17-10-16-3-2-7-19-16)18(15-4-5-15)11-14-6-8-20-12-14/h6,8,12-13,15-17H,2-5,7,9-11H2,1H3. The molecule has 0 bridgehead atoms. The molecule has 1 saturated carbocycles. The van der Waals surface area contributed by atoms with E-state index in [0.717, 1.165) is 32.3 Å². The molecular weight excluding hydrogens is 268 g/mol. The minimum atomic E-state index is 0.452. The lowest BCUT2D eigenvalue weighted by molar-refractivity contribution is 0.106. The molecule has 3 nitrogen and oxygen atoms in total. The van der Waals surface area contributed by atoms with Crippen molar-refractivity contribution in [2.45, 2.75) is 57.3 Å². The van der Waals surface area contributed by atoms with Gasteiger partial charge in [-0.2, -0.15) is 11.3 Å². The van der Waals surface area contributed by atoms with Gasteiger partial charge >= 0.3 is 0 Å². The minimum Gasteiger partial charge on any atom is -0.377 e. The van der Waals surface area contributed by atoms with Gasteiger partial charge in [0.05, 0.1) is 6.10 Å². The second-order valence-electron chi connectivity index (χ2n) is 6.18. The van der Waals surface area contributed by atoms with Gasteiger partial charge in [0.2, 0.25) is 0 Å². The number of ether oxygens (including phenoxy) is 1. The van der Waals surface area contributed by atoms with Crippen molar-refractivity contribution in [2.24, 2.45) is 0 Å². The predicted molar refractivity (Wildman–Crippen MR) is 84.2 cm³/mol. The molecular formula is C16H26N2OS. The van der Waals surface area contributed by atoms with Crippen LogP contribution in [-0.2, 0) is 11.3 Å². The lowest BCUT2D eigenvalue weighted by Gasteiger charge is -2.29. The second kappa shape index (κ2) is 7.03. The maximum absolute atomic E-state index is 5.67. The van der Waals surface area contributed by atoms with E-state index < -0.39 is 0 Å². The van der Waals surface area contributed by atoms with E-state index in [1.54, 1.807) is 11.3 Å². The molecule has 4 heteroatoms. The number of hydrogen-bond donors (Lipinski definition) is 1. The molecule has 2 atom stereocenters. The predicted octanol–water partition coefficient (Wildman–Crippen LogP) is 2.87. The summed E-state index contributed by atoms with van der Waals surface area (Å²) >= 11 is 1.80. The Morgan fingerprint density at radius 1 is 1.45 bits per heavy atom. The number of nitrogens with zero attached hydrogens (tertiary/aromatic N) is 1. The Kier molecular flexibility index (Phi) is 5.10. The molecule has 2 fully saturated rings. The van der Waals surface area contributed by atoms with E-state index in [-0.39, 0.29) is 0 Å². The summed E-state index contributed by atoms with van der Waals surface area (Å²) in [7, 11) is 0. The zero-order valence-corrected chi connectivity index (χ0v) is 13.2. The largest absolute Gasteiger partial charge is 0.377 e. The maximum Gasteiger partial charge on any atom is 0.0700 e. The first kappa shape index (κ1) is 14.5. The summed E-state index contributed by atoms with van der Waals surface area (Å²) in [6.45, 7) is 6.50. The first-order valence-corrected chi connectivity index (χ1v) is 8.86. The number of rotatable bonds is 8. The smallest absolute Gasteiger partial charge is 0.0700 e. The van der Waals surface area contributed by atoms with E-state index in [1.165, 1.54) is 31.2 Å². The van der Waals surface area contributed by atoms with E-state index in [0.29, 0.717) is 12.1 Å². The first-order chi connectivity index (χ1) is 9.83. The van der Waals surface area contributed by atoms with Crippen LogP contribution in [0.2, 0.25) is 0 Å². The quantitative estimate of drug-likeness (QED) is 0.798. The Labute approximate surface area is 126 Å². The molecule has 1 aromatic heterocycles. The van der Waals surface area contributed by atoms with E-state index in [1.807, 2.05) is 0 Å². The van der Waals surface area contributed by atoms with Crippen molar-refractivity contribution < 1.29 is 4.74 Å². The summed E-state index contributed by atoms with van der Waals surface area (Å²) in [6, 6.07) is 3.67. The highest BCUT2D eigenvalue weighted by atomic mass is 32.1. The van der Waals surface area contributed by atoms with Crippen molar-refractivity contribution in [1.82, 2.24) is 10.2 Å². The van der Waals surface area contributed by atoms with Crippen molar-refractivity contribution in [3.05, 3.63) is 22.4 Å². The fourth-order valence-electron chi connectivity index (χ4n) is 3.02. The van der Waals surface area contributed by atoms with E-state index in [2.05, 4.69) is 34.0 Å². The van der Waals surface area contributed by atoms with Gasteiger partial charge in [-0.15, -0.1) is 0 Å². The topological polar surface area (TPSA) is 24.5 Å². The third-order valence-electron chi connectivity index (χ3n) is 4.36. The number of thiophene rings is 1. The van der Waals surface area contributed by atoms with Gasteiger partial charge in [-0.1, -0.05) is 0 Å². The minimum absolute atomic E-state index is 0.452. The SMILES string of the molecule is CC(CNCC1CCCO1)N(Cc1ccsc1)C1CC1. The summed E-state index contributed by atoms with van der Waals surface area (Å²) in [5.74, 6) is 0. The molecule has 0 amide bonds. The summed E-state index contributed by atoms with van der Waals surface area (Å²) in [6.07, 6.45) is 5.66. The molecule has 2 unspecified atom stereocenters. The van der Waals surface area contributed by atoms with Crippen molar-refractivity contribution in [2.75, 3.05) is 19.7 Å². The van der Waals surface area contributed by atoms with Crippen LogP contribution in [-0.4, -0.2) is 42.8 Å². The zero-order chi connectivity index (χ0) is 13.8. The van der Waals surface area contributed by atoms with Gasteiger partial charge in [-0.3, -0.25) is 4.90 Å². The summed E-state index contributed by atoms with van der Waals surface area (Å²) in [5, 5.41) is 8.07. The van der Waals surface area contributed by atoms with Crippen molar-refractivity contribution in [3.8, 4) is 0 Å². The molecule has 2 aliphatic rings. The van der Waals surface area contributed by atoms with E-state index in [9.17, 15) is 0 Å².